The monoisotopic (exact) mass is 392 g/mol. The molecule has 0 aromatic heterocycles. The van der Waals surface area contributed by atoms with E-state index in [0.717, 1.165) is 6.42 Å². The smallest absolute Gasteiger partial charge is 0.340 e. The highest BCUT2D eigenvalue weighted by Gasteiger charge is 2.46. The van der Waals surface area contributed by atoms with Crippen LogP contribution in [0.25, 0.3) is 0 Å². The summed E-state index contributed by atoms with van der Waals surface area (Å²) < 4.78 is 18.5. The van der Waals surface area contributed by atoms with Gasteiger partial charge in [0.05, 0.1) is 6.26 Å². The zero-order chi connectivity index (χ0) is 19.4. The Morgan fingerprint density at radius 2 is 1.33 bits per heavy atom. The molecule has 0 atom stereocenters. The predicted molar refractivity (Wildman–Crippen MR) is 107 cm³/mol. The lowest BCUT2D eigenvalue weighted by molar-refractivity contribution is -0.146. The maximum atomic E-state index is 12.0. The lowest BCUT2D eigenvalue weighted by atomic mass is 10.0. The molecule has 5 nitrogen and oxygen atoms in total. The summed E-state index contributed by atoms with van der Waals surface area (Å²) in [6, 6.07) is 0. The molecule has 0 aromatic carbocycles. The summed E-state index contributed by atoms with van der Waals surface area (Å²) in [5.74, 6) is -2.28. The Labute approximate surface area is 150 Å². The first-order valence-electron chi connectivity index (χ1n) is 8.53. The highest BCUT2D eigenvalue weighted by molar-refractivity contribution is 6.71. The number of carboxylic acid groups (broad SMARTS) is 1. The van der Waals surface area contributed by atoms with Crippen LogP contribution in [-0.2, 0) is 18.1 Å². The van der Waals surface area contributed by atoms with E-state index in [1.807, 2.05) is 65.8 Å². The van der Waals surface area contributed by atoms with E-state index < -0.39 is 36.7 Å². The molecule has 0 saturated heterocycles. The fraction of sp³-hybridized carbons (Fsp3) is 0.812. The molecule has 0 aromatic rings. The molecule has 0 unspecified atom stereocenters. The van der Waals surface area contributed by atoms with Gasteiger partial charge in [-0.1, -0.05) is 13.3 Å². The fourth-order valence-electron chi connectivity index (χ4n) is 2.22. The molecule has 142 valence electrons. The van der Waals surface area contributed by atoms with Gasteiger partial charge in [-0.05, 0) is 58.9 Å². The second-order valence-electron chi connectivity index (χ2n) is 9.00. The molecule has 0 spiro atoms. The lowest BCUT2D eigenvalue weighted by Gasteiger charge is -2.43. The van der Waals surface area contributed by atoms with Crippen LogP contribution in [0.4, 0.5) is 0 Å². The van der Waals surface area contributed by atoms with Crippen LogP contribution in [0.1, 0.15) is 19.8 Å². The Morgan fingerprint density at radius 1 is 0.917 bits per heavy atom. The highest BCUT2D eigenvalue weighted by atomic mass is 28.4. The van der Waals surface area contributed by atoms with Crippen molar-refractivity contribution in [2.75, 3.05) is 0 Å². The second-order valence-corrected chi connectivity index (χ2v) is 22.3. The van der Waals surface area contributed by atoms with Crippen molar-refractivity contribution >= 4 is 30.9 Å². The highest BCUT2D eigenvalue weighted by Crippen LogP contribution is 2.36. The van der Waals surface area contributed by atoms with Gasteiger partial charge in [-0.3, -0.25) is 0 Å². The zero-order valence-electron chi connectivity index (χ0n) is 17.1. The average molecular weight is 393 g/mol. The Bertz CT molecular complexity index is 440. The van der Waals surface area contributed by atoms with E-state index >= 15 is 0 Å². The summed E-state index contributed by atoms with van der Waals surface area (Å²) in [6.45, 7) is 20.3. The first-order chi connectivity index (χ1) is 10.5. The van der Waals surface area contributed by atoms with Crippen LogP contribution in [-0.4, -0.2) is 41.8 Å². The number of carbonyl (C=O) groups is 1. The largest absolute Gasteiger partial charge is 0.549 e. The maximum Gasteiger partial charge on any atom is 0.340 e. The predicted octanol–water partition coefficient (Wildman–Crippen LogP) is 5.01. The van der Waals surface area contributed by atoms with Gasteiger partial charge in [-0.15, -0.1) is 0 Å². The lowest BCUT2D eigenvalue weighted by Crippen LogP contribution is -2.53. The van der Waals surface area contributed by atoms with Crippen molar-refractivity contribution in [3.63, 3.8) is 0 Å². The molecule has 0 saturated carbocycles. The topological polar surface area (TPSA) is 65.0 Å². The third kappa shape index (κ3) is 9.17. The molecule has 0 aliphatic heterocycles. The van der Waals surface area contributed by atoms with Gasteiger partial charge in [0.1, 0.15) is 5.57 Å². The Kier molecular flexibility index (Phi) is 8.16. The van der Waals surface area contributed by atoms with Crippen molar-refractivity contribution in [3.05, 3.63) is 11.8 Å². The molecule has 24 heavy (non-hydrogen) atoms. The minimum atomic E-state index is -2.06. The summed E-state index contributed by atoms with van der Waals surface area (Å²) in [5, 5.41) is 9.86. The molecule has 0 aliphatic rings. The summed E-state index contributed by atoms with van der Waals surface area (Å²) in [4.78, 5) is 12.0. The minimum Gasteiger partial charge on any atom is -0.549 e. The normalized spacial score (nSPS) is 14.7. The van der Waals surface area contributed by atoms with Crippen LogP contribution in [0.2, 0.25) is 58.9 Å². The quantitative estimate of drug-likeness (QED) is 0.245. The van der Waals surface area contributed by atoms with Crippen molar-refractivity contribution in [2.45, 2.75) is 84.5 Å². The Hall–Kier alpha value is -0.419. The van der Waals surface area contributed by atoms with Crippen molar-refractivity contribution < 1.29 is 23.2 Å². The first kappa shape index (κ1) is 23.6. The number of carboxylic acids is 1. The fourth-order valence-corrected chi connectivity index (χ4v) is 5.27. The molecule has 0 radical (unpaired) electrons. The van der Waals surface area contributed by atoms with Gasteiger partial charge >= 0.3 is 5.97 Å². The van der Waals surface area contributed by atoms with Crippen LogP contribution in [0.15, 0.2) is 11.8 Å². The average Bonchev–Trinajstić information content (AvgIpc) is 2.21. The molecule has 8 heteroatoms. The first-order valence-corrected chi connectivity index (χ1v) is 18.8. The minimum absolute atomic E-state index is 0.0802. The van der Waals surface area contributed by atoms with Crippen molar-refractivity contribution in [1.82, 2.24) is 0 Å². The summed E-state index contributed by atoms with van der Waals surface area (Å²) in [5.41, 5.74) is 0.0802. The molecule has 1 N–H and O–H groups in total. The molecule has 0 amide bonds. The summed E-state index contributed by atoms with van der Waals surface area (Å²) >= 11 is 0. The Balaban J connectivity index is 6.20. The summed E-state index contributed by atoms with van der Waals surface area (Å²) in [7, 11) is -6.04. The van der Waals surface area contributed by atoms with E-state index in [1.165, 1.54) is 6.26 Å². The van der Waals surface area contributed by atoms with E-state index in [0.29, 0.717) is 6.42 Å². The van der Waals surface area contributed by atoms with E-state index in [-0.39, 0.29) is 5.57 Å². The van der Waals surface area contributed by atoms with Gasteiger partial charge in [-0.25, -0.2) is 4.79 Å². The van der Waals surface area contributed by atoms with Crippen LogP contribution >= 0.6 is 0 Å². The van der Waals surface area contributed by atoms with E-state index in [9.17, 15) is 9.90 Å². The van der Waals surface area contributed by atoms with Gasteiger partial charge in [-0.2, -0.15) is 0 Å². The van der Waals surface area contributed by atoms with Crippen LogP contribution < -0.4 is 0 Å². The number of hydrogen-bond donors (Lipinski definition) is 1. The standard InChI is InChI=1S/C16H36O5Si3/c1-11-12-16(20-23(5,6)7,21-24(8,9)10)14(15(17)18)13-19-22(2,3)4/h13H,11-12H2,1-10H3,(H,17,18). The van der Waals surface area contributed by atoms with Crippen molar-refractivity contribution in [3.8, 4) is 0 Å². The van der Waals surface area contributed by atoms with Gasteiger partial charge in [0.2, 0.25) is 8.32 Å². The summed E-state index contributed by atoms with van der Waals surface area (Å²) in [6.07, 6.45) is 2.63. The molecule has 0 bridgehead atoms. The molecular weight excluding hydrogens is 356 g/mol. The number of rotatable bonds is 10. The second kappa shape index (κ2) is 8.31. The van der Waals surface area contributed by atoms with Crippen molar-refractivity contribution in [1.29, 1.82) is 0 Å². The van der Waals surface area contributed by atoms with Gasteiger partial charge in [0, 0.05) is 6.42 Å². The van der Waals surface area contributed by atoms with Gasteiger partial charge in [0.15, 0.2) is 22.4 Å². The third-order valence-electron chi connectivity index (χ3n) is 2.69. The van der Waals surface area contributed by atoms with Gasteiger partial charge in [0.25, 0.3) is 0 Å². The molecular formula is C16H36O5Si3. The van der Waals surface area contributed by atoms with E-state index in [2.05, 4.69) is 0 Å². The number of aliphatic carboxylic acids is 1. The molecule has 0 heterocycles. The third-order valence-corrected chi connectivity index (χ3v) is 5.40. The SMILES string of the molecule is CCCC(O[Si](C)(C)C)(O[Si](C)(C)C)C(=CO[Si](C)(C)C)C(=O)O. The number of hydrogen-bond acceptors (Lipinski definition) is 4. The molecule has 0 aliphatic carbocycles. The Morgan fingerprint density at radius 3 is 1.58 bits per heavy atom. The van der Waals surface area contributed by atoms with E-state index in [1.54, 1.807) is 0 Å². The van der Waals surface area contributed by atoms with Gasteiger partial charge < -0.3 is 18.4 Å². The molecule has 0 rings (SSSR count). The van der Waals surface area contributed by atoms with Crippen LogP contribution in [0.5, 0.6) is 0 Å². The van der Waals surface area contributed by atoms with Crippen LogP contribution in [0, 0.1) is 0 Å². The van der Waals surface area contributed by atoms with Crippen molar-refractivity contribution in [2.24, 2.45) is 0 Å². The zero-order valence-corrected chi connectivity index (χ0v) is 20.1. The maximum absolute atomic E-state index is 12.0. The molecule has 0 fully saturated rings. The van der Waals surface area contributed by atoms with Crippen LogP contribution in [0.3, 0.4) is 0 Å². The van der Waals surface area contributed by atoms with E-state index in [4.69, 9.17) is 13.3 Å².